The highest BCUT2D eigenvalue weighted by Gasteiger charge is 2.26. The Morgan fingerprint density at radius 3 is 2.14 bits per heavy atom. The van der Waals surface area contributed by atoms with Crippen LogP contribution in [0.1, 0.15) is 5.56 Å². The Labute approximate surface area is 122 Å². The highest BCUT2D eigenvalue weighted by Crippen LogP contribution is 2.20. The first-order valence-electron chi connectivity index (χ1n) is 6.40. The van der Waals surface area contributed by atoms with Crippen molar-refractivity contribution in [3.8, 4) is 0 Å². The zero-order valence-electron chi connectivity index (χ0n) is 11.2. The molecule has 6 heteroatoms. The molecular weight excluding hydrogens is 296 g/mol. The van der Waals surface area contributed by atoms with Gasteiger partial charge in [0.15, 0.2) is 0 Å². The molecule has 0 saturated heterocycles. The lowest BCUT2D eigenvalue weighted by atomic mass is 10.1. The van der Waals surface area contributed by atoms with Crippen molar-refractivity contribution in [2.24, 2.45) is 0 Å². The predicted molar refractivity (Wildman–Crippen MR) is 78.3 cm³/mol. The highest BCUT2D eigenvalue weighted by atomic mass is 32.2. The quantitative estimate of drug-likeness (QED) is 0.890. The SMILES string of the molecule is O=S(=O)(c1ccc(NCCc2ccccc2)cc1)C(F)F. The molecule has 2 rings (SSSR count). The van der Waals surface area contributed by atoms with E-state index in [-0.39, 0.29) is 4.90 Å². The summed E-state index contributed by atoms with van der Waals surface area (Å²) in [5, 5.41) is 3.12. The summed E-state index contributed by atoms with van der Waals surface area (Å²) in [7, 11) is -4.52. The molecule has 0 heterocycles. The van der Waals surface area contributed by atoms with E-state index in [0.717, 1.165) is 6.42 Å². The fourth-order valence-corrected chi connectivity index (χ4v) is 2.58. The van der Waals surface area contributed by atoms with Crippen molar-refractivity contribution >= 4 is 15.5 Å². The minimum absolute atomic E-state index is 0.369. The van der Waals surface area contributed by atoms with E-state index in [1.54, 1.807) is 0 Å². The number of halogens is 2. The van der Waals surface area contributed by atoms with Gasteiger partial charge in [0.2, 0.25) is 9.84 Å². The van der Waals surface area contributed by atoms with Crippen molar-refractivity contribution in [2.45, 2.75) is 17.1 Å². The predicted octanol–water partition coefficient (Wildman–Crippen LogP) is 3.34. The molecule has 0 amide bonds. The standard InChI is InChI=1S/C15H15F2NO2S/c16-15(17)21(19,20)14-8-6-13(7-9-14)18-11-10-12-4-2-1-3-5-12/h1-9,15,18H,10-11H2. The first kappa shape index (κ1) is 15.4. The summed E-state index contributed by atoms with van der Waals surface area (Å²) in [4.78, 5) is -0.369. The second-order valence-corrected chi connectivity index (χ2v) is 6.41. The van der Waals surface area contributed by atoms with Gasteiger partial charge in [-0.05, 0) is 36.2 Å². The molecule has 0 radical (unpaired) electrons. The Morgan fingerprint density at radius 2 is 1.57 bits per heavy atom. The number of rotatable bonds is 6. The number of hydrogen-bond acceptors (Lipinski definition) is 3. The Kier molecular flexibility index (Phi) is 4.90. The molecule has 0 fully saturated rings. The van der Waals surface area contributed by atoms with E-state index >= 15 is 0 Å². The third-order valence-electron chi connectivity index (χ3n) is 3.00. The lowest BCUT2D eigenvalue weighted by Crippen LogP contribution is -2.11. The molecule has 0 aliphatic heterocycles. The van der Waals surface area contributed by atoms with Crippen LogP contribution in [0.25, 0.3) is 0 Å². The lowest BCUT2D eigenvalue weighted by molar-refractivity contribution is 0.234. The second kappa shape index (κ2) is 6.67. The third kappa shape index (κ3) is 4.01. The molecule has 2 aromatic rings. The molecule has 0 aromatic heterocycles. The summed E-state index contributed by atoms with van der Waals surface area (Å²) in [6.45, 7) is 0.672. The number of alkyl halides is 2. The van der Waals surface area contributed by atoms with E-state index < -0.39 is 15.6 Å². The molecule has 112 valence electrons. The van der Waals surface area contributed by atoms with Crippen LogP contribution in [0, 0.1) is 0 Å². The maximum absolute atomic E-state index is 12.4. The van der Waals surface area contributed by atoms with Crippen LogP contribution >= 0.6 is 0 Å². The van der Waals surface area contributed by atoms with Crippen LogP contribution in [-0.2, 0) is 16.3 Å². The van der Waals surface area contributed by atoms with Crippen LogP contribution in [0.2, 0.25) is 0 Å². The van der Waals surface area contributed by atoms with Gasteiger partial charge in [-0.25, -0.2) is 8.42 Å². The first-order valence-corrected chi connectivity index (χ1v) is 7.95. The van der Waals surface area contributed by atoms with Gasteiger partial charge in [0.25, 0.3) is 0 Å². The number of anilines is 1. The zero-order chi connectivity index (χ0) is 15.3. The summed E-state index contributed by atoms with van der Waals surface area (Å²) in [5.41, 5.74) is 1.88. The van der Waals surface area contributed by atoms with Crippen LogP contribution in [0.3, 0.4) is 0 Å². The Morgan fingerprint density at radius 1 is 0.952 bits per heavy atom. The molecule has 0 bridgehead atoms. The molecule has 3 nitrogen and oxygen atoms in total. The maximum atomic E-state index is 12.4. The van der Waals surface area contributed by atoms with Gasteiger partial charge in [-0.2, -0.15) is 8.78 Å². The van der Waals surface area contributed by atoms with Gasteiger partial charge in [0, 0.05) is 12.2 Å². The van der Waals surface area contributed by atoms with E-state index in [4.69, 9.17) is 0 Å². The second-order valence-electron chi connectivity index (χ2n) is 4.49. The van der Waals surface area contributed by atoms with Crippen molar-refractivity contribution in [1.82, 2.24) is 0 Å². The van der Waals surface area contributed by atoms with Gasteiger partial charge in [0.1, 0.15) is 0 Å². The lowest BCUT2D eigenvalue weighted by Gasteiger charge is -2.08. The number of benzene rings is 2. The molecule has 21 heavy (non-hydrogen) atoms. The highest BCUT2D eigenvalue weighted by molar-refractivity contribution is 7.91. The van der Waals surface area contributed by atoms with Crippen LogP contribution in [0.5, 0.6) is 0 Å². The van der Waals surface area contributed by atoms with Crippen LogP contribution in [-0.4, -0.2) is 20.7 Å². The van der Waals surface area contributed by atoms with Gasteiger partial charge >= 0.3 is 5.76 Å². The number of sulfone groups is 1. The van der Waals surface area contributed by atoms with Gasteiger partial charge < -0.3 is 5.32 Å². The van der Waals surface area contributed by atoms with E-state index in [0.29, 0.717) is 12.2 Å². The summed E-state index contributed by atoms with van der Waals surface area (Å²) in [6.07, 6.45) is 0.817. The van der Waals surface area contributed by atoms with Crippen molar-refractivity contribution < 1.29 is 17.2 Å². The molecule has 0 atom stereocenters. The molecule has 0 spiro atoms. The van der Waals surface area contributed by atoms with Crippen LogP contribution < -0.4 is 5.32 Å². The van der Waals surface area contributed by atoms with Gasteiger partial charge in [-0.1, -0.05) is 30.3 Å². The maximum Gasteiger partial charge on any atom is 0.341 e. The summed E-state index contributed by atoms with van der Waals surface area (Å²) in [5.74, 6) is -3.39. The van der Waals surface area contributed by atoms with Crippen LogP contribution in [0.15, 0.2) is 59.5 Å². The monoisotopic (exact) mass is 311 g/mol. The van der Waals surface area contributed by atoms with E-state index in [2.05, 4.69) is 5.32 Å². The topological polar surface area (TPSA) is 46.2 Å². The third-order valence-corrected chi connectivity index (χ3v) is 4.40. The fraction of sp³-hybridized carbons (Fsp3) is 0.200. The Hall–Kier alpha value is -1.95. The van der Waals surface area contributed by atoms with Gasteiger partial charge in [-0.15, -0.1) is 0 Å². The largest absolute Gasteiger partial charge is 0.385 e. The summed E-state index contributed by atoms with van der Waals surface area (Å²) < 4.78 is 47.3. The normalized spacial score (nSPS) is 11.6. The van der Waals surface area contributed by atoms with E-state index in [1.807, 2.05) is 30.3 Å². The average molecular weight is 311 g/mol. The minimum Gasteiger partial charge on any atom is -0.385 e. The van der Waals surface area contributed by atoms with Crippen molar-refractivity contribution in [3.05, 3.63) is 60.2 Å². The Balaban J connectivity index is 1.94. The van der Waals surface area contributed by atoms with Crippen molar-refractivity contribution in [3.63, 3.8) is 0 Å². The number of nitrogens with one attached hydrogen (secondary N) is 1. The number of hydrogen-bond donors (Lipinski definition) is 1. The molecule has 0 saturated carbocycles. The summed E-state index contributed by atoms with van der Waals surface area (Å²) >= 11 is 0. The van der Waals surface area contributed by atoms with Gasteiger partial charge in [-0.3, -0.25) is 0 Å². The van der Waals surface area contributed by atoms with E-state index in [1.165, 1.54) is 29.8 Å². The molecule has 0 unspecified atom stereocenters. The molecular formula is C15H15F2NO2S. The van der Waals surface area contributed by atoms with E-state index in [9.17, 15) is 17.2 Å². The Bertz CT molecular complexity index is 671. The minimum atomic E-state index is -4.52. The molecule has 2 aromatic carbocycles. The van der Waals surface area contributed by atoms with Crippen molar-refractivity contribution in [1.29, 1.82) is 0 Å². The summed E-state index contributed by atoms with van der Waals surface area (Å²) in [6, 6.07) is 15.2. The first-order chi connectivity index (χ1) is 10.00. The molecule has 0 aliphatic rings. The van der Waals surface area contributed by atoms with Crippen molar-refractivity contribution in [2.75, 3.05) is 11.9 Å². The average Bonchev–Trinajstić information content (AvgIpc) is 2.49. The molecule has 1 N–H and O–H groups in total. The zero-order valence-corrected chi connectivity index (χ0v) is 12.0. The smallest absolute Gasteiger partial charge is 0.341 e. The fourth-order valence-electron chi connectivity index (χ4n) is 1.86. The van der Waals surface area contributed by atoms with Gasteiger partial charge in [0.05, 0.1) is 4.90 Å². The molecule has 0 aliphatic carbocycles. The van der Waals surface area contributed by atoms with Crippen LogP contribution in [0.4, 0.5) is 14.5 Å².